The number of carbonyl (C=O) groups excluding carboxylic acids is 1. The van der Waals surface area contributed by atoms with E-state index in [1.807, 2.05) is 0 Å². The summed E-state index contributed by atoms with van der Waals surface area (Å²) in [6, 6.07) is 6.56. The van der Waals surface area contributed by atoms with Crippen LogP contribution in [0.3, 0.4) is 0 Å². The van der Waals surface area contributed by atoms with E-state index in [0.717, 1.165) is 32.6 Å². The first-order valence-corrected chi connectivity index (χ1v) is 10.3. The van der Waals surface area contributed by atoms with E-state index < -0.39 is 10.0 Å². The van der Waals surface area contributed by atoms with Gasteiger partial charge in [0.05, 0.1) is 10.8 Å². The zero-order chi connectivity index (χ0) is 17.9. The molecule has 0 aromatic heterocycles. The highest BCUT2D eigenvalue weighted by Gasteiger charge is 2.28. The summed E-state index contributed by atoms with van der Waals surface area (Å²) in [4.78, 5) is 14.7. The summed E-state index contributed by atoms with van der Waals surface area (Å²) >= 11 is 0. The number of nitrogens with zero attached hydrogens (tertiary/aromatic N) is 2. The van der Waals surface area contributed by atoms with Gasteiger partial charge in [0.25, 0.3) is 0 Å². The molecule has 0 saturated carbocycles. The van der Waals surface area contributed by atoms with Crippen LogP contribution in [-0.4, -0.2) is 69.3 Å². The van der Waals surface area contributed by atoms with Gasteiger partial charge in [-0.3, -0.25) is 4.79 Å². The van der Waals surface area contributed by atoms with Crippen LogP contribution >= 0.6 is 24.8 Å². The predicted molar refractivity (Wildman–Crippen MR) is 111 cm³/mol. The highest BCUT2D eigenvalue weighted by atomic mass is 35.5. The first-order chi connectivity index (χ1) is 12.0. The molecule has 27 heavy (non-hydrogen) atoms. The average molecular weight is 439 g/mol. The predicted octanol–water partition coefficient (Wildman–Crippen LogP) is 1.40. The van der Waals surface area contributed by atoms with Crippen molar-refractivity contribution in [2.45, 2.75) is 18.2 Å². The van der Waals surface area contributed by atoms with E-state index in [1.54, 1.807) is 24.3 Å². The lowest BCUT2D eigenvalue weighted by atomic mass is 10.1. The Balaban J connectivity index is 0.00000182. The molecule has 3 rings (SSSR count). The molecule has 2 aliphatic heterocycles. The van der Waals surface area contributed by atoms with Gasteiger partial charge in [0, 0.05) is 38.4 Å². The van der Waals surface area contributed by atoms with Crippen LogP contribution < -0.4 is 10.6 Å². The van der Waals surface area contributed by atoms with Crippen LogP contribution in [0.1, 0.15) is 13.3 Å². The fourth-order valence-corrected chi connectivity index (χ4v) is 4.76. The number of amides is 1. The number of likely N-dealkylation sites (N-methyl/N-ethyl adjacent to an activating group) is 1. The molecule has 2 aliphatic rings. The fourth-order valence-electron chi connectivity index (χ4n) is 3.29. The van der Waals surface area contributed by atoms with E-state index in [4.69, 9.17) is 0 Å². The Morgan fingerprint density at radius 3 is 2.52 bits per heavy atom. The Morgan fingerprint density at radius 2 is 1.93 bits per heavy atom. The summed E-state index contributed by atoms with van der Waals surface area (Å²) in [5, 5.41) is 6.00. The molecule has 0 spiro atoms. The molecule has 1 aromatic carbocycles. The lowest BCUT2D eigenvalue weighted by Crippen LogP contribution is -2.48. The number of benzene rings is 1. The molecule has 2 saturated heterocycles. The van der Waals surface area contributed by atoms with Crippen molar-refractivity contribution in [3.63, 3.8) is 0 Å². The Labute approximate surface area is 173 Å². The monoisotopic (exact) mass is 438 g/mol. The minimum absolute atomic E-state index is 0. The second-order valence-electron chi connectivity index (χ2n) is 6.55. The van der Waals surface area contributed by atoms with Gasteiger partial charge < -0.3 is 15.5 Å². The molecule has 154 valence electrons. The lowest BCUT2D eigenvalue weighted by Gasteiger charge is -2.33. The second-order valence-corrected chi connectivity index (χ2v) is 8.48. The van der Waals surface area contributed by atoms with Crippen LogP contribution in [0.15, 0.2) is 29.2 Å². The van der Waals surface area contributed by atoms with Crippen LogP contribution in [0.5, 0.6) is 0 Å². The maximum atomic E-state index is 12.9. The first-order valence-electron chi connectivity index (χ1n) is 8.85. The van der Waals surface area contributed by atoms with Crippen LogP contribution in [-0.2, 0) is 14.8 Å². The van der Waals surface area contributed by atoms with Crippen molar-refractivity contribution in [1.29, 1.82) is 0 Å². The SMILES string of the molecule is CCN1CCN(S(=O)(=O)c2cccc(NC(=O)C3CCNC3)c2)CC1.Cl.Cl. The number of piperazine rings is 1. The van der Waals surface area contributed by atoms with Crippen LogP contribution in [0.4, 0.5) is 5.69 Å². The van der Waals surface area contributed by atoms with E-state index in [-0.39, 0.29) is 41.5 Å². The van der Waals surface area contributed by atoms with Crippen LogP contribution in [0.25, 0.3) is 0 Å². The summed E-state index contributed by atoms with van der Waals surface area (Å²) in [6.45, 7) is 7.03. The molecule has 0 aliphatic carbocycles. The Morgan fingerprint density at radius 1 is 1.22 bits per heavy atom. The maximum Gasteiger partial charge on any atom is 0.243 e. The zero-order valence-electron chi connectivity index (χ0n) is 15.4. The summed E-state index contributed by atoms with van der Waals surface area (Å²) in [7, 11) is -3.53. The standard InChI is InChI=1S/C17H26N4O3S.2ClH/c1-2-20-8-10-21(11-9-20)25(23,24)16-5-3-4-15(12-16)19-17(22)14-6-7-18-13-14;;/h3-5,12,14,18H,2,6-11,13H2,1H3,(H,19,22);2*1H. The molecular formula is C17H28Cl2N4O3S. The molecule has 0 radical (unpaired) electrons. The van der Waals surface area contributed by atoms with Gasteiger partial charge in [0.15, 0.2) is 0 Å². The number of anilines is 1. The number of sulfonamides is 1. The third-order valence-corrected chi connectivity index (χ3v) is 6.84. The summed E-state index contributed by atoms with van der Waals surface area (Å²) in [6.07, 6.45) is 0.811. The van der Waals surface area contributed by atoms with E-state index in [9.17, 15) is 13.2 Å². The Kier molecular flexibility index (Phi) is 9.47. The average Bonchev–Trinajstić information content (AvgIpc) is 3.17. The summed E-state index contributed by atoms with van der Waals surface area (Å²) in [5.41, 5.74) is 0.533. The van der Waals surface area contributed by atoms with Crippen molar-refractivity contribution in [3.8, 4) is 0 Å². The molecule has 1 unspecified atom stereocenters. The van der Waals surface area contributed by atoms with Crippen molar-refractivity contribution in [1.82, 2.24) is 14.5 Å². The molecular weight excluding hydrogens is 411 g/mol. The number of halogens is 2. The fraction of sp³-hybridized carbons (Fsp3) is 0.588. The van der Waals surface area contributed by atoms with E-state index >= 15 is 0 Å². The molecule has 1 aromatic rings. The second kappa shape index (κ2) is 10.6. The molecule has 0 bridgehead atoms. The molecule has 10 heteroatoms. The van der Waals surface area contributed by atoms with E-state index in [1.165, 1.54) is 4.31 Å². The van der Waals surface area contributed by atoms with Crippen molar-refractivity contribution in [2.24, 2.45) is 5.92 Å². The maximum absolute atomic E-state index is 12.9. The van der Waals surface area contributed by atoms with Gasteiger partial charge in [0.1, 0.15) is 0 Å². The summed E-state index contributed by atoms with van der Waals surface area (Å²) in [5.74, 6) is -0.113. The van der Waals surface area contributed by atoms with Gasteiger partial charge >= 0.3 is 0 Å². The van der Waals surface area contributed by atoms with Crippen molar-refractivity contribution in [3.05, 3.63) is 24.3 Å². The quantitative estimate of drug-likeness (QED) is 0.725. The number of rotatable bonds is 5. The van der Waals surface area contributed by atoms with Crippen LogP contribution in [0.2, 0.25) is 0 Å². The third kappa shape index (κ3) is 5.79. The Hall–Kier alpha value is -0.900. The molecule has 1 amide bonds. The summed E-state index contributed by atoms with van der Waals surface area (Å²) < 4.78 is 27.3. The van der Waals surface area contributed by atoms with Gasteiger partial charge in [-0.05, 0) is 37.7 Å². The molecule has 2 heterocycles. The number of hydrogen-bond donors (Lipinski definition) is 2. The number of carbonyl (C=O) groups is 1. The van der Waals surface area contributed by atoms with Gasteiger partial charge in [0.2, 0.25) is 15.9 Å². The third-order valence-electron chi connectivity index (χ3n) is 4.95. The topological polar surface area (TPSA) is 81.8 Å². The minimum atomic E-state index is -3.53. The van der Waals surface area contributed by atoms with Crippen molar-refractivity contribution >= 4 is 46.4 Å². The van der Waals surface area contributed by atoms with Gasteiger partial charge in [-0.2, -0.15) is 4.31 Å². The van der Waals surface area contributed by atoms with Gasteiger partial charge in [-0.1, -0.05) is 13.0 Å². The van der Waals surface area contributed by atoms with E-state index in [2.05, 4.69) is 22.5 Å². The molecule has 2 fully saturated rings. The normalized spacial score (nSPS) is 21.1. The lowest BCUT2D eigenvalue weighted by molar-refractivity contribution is -0.119. The highest BCUT2D eigenvalue weighted by Crippen LogP contribution is 2.22. The first kappa shape index (κ1) is 24.1. The van der Waals surface area contributed by atoms with Gasteiger partial charge in [-0.25, -0.2) is 8.42 Å². The van der Waals surface area contributed by atoms with Crippen molar-refractivity contribution in [2.75, 3.05) is 51.1 Å². The minimum Gasteiger partial charge on any atom is -0.326 e. The molecule has 2 N–H and O–H groups in total. The smallest absolute Gasteiger partial charge is 0.243 e. The van der Waals surface area contributed by atoms with Gasteiger partial charge in [-0.15, -0.1) is 24.8 Å². The van der Waals surface area contributed by atoms with E-state index in [0.29, 0.717) is 25.3 Å². The van der Waals surface area contributed by atoms with Crippen molar-refractivity contribution < 1.29 is 13.2 Å². The highest BCUT2D eigenvalue weighted by molar-refractivity contribution is 7.89. The zero-order valence-corrected chi connectivity index (χ0v) is 17.8. The largest absolute Gasteiger partial charge is 0.326 e. The number of hydrogen-bond acceptors (Lipinski definition) is 5. The molecule has 1 atom stereocenters. The van der Waals surface area contributed by atoms with Crippen LogP contribution in [0, 0.1) is 5.92 Å². The molecule has 7 nitrogen and oxygen atoms in total. The number of nitrogens with one attached hydrogen (secondary N) is 2. The Bertz CT molecular complexity index is 719.